The van der Waals surface area contributed by atoms with E-state index < -0.39 is 12.1 Å². The Morgan fingerprint density at radius 2 is 2.18 bits per heavy atom. The highest BCUT2D eigenvalue weighted by molar-refractivity contribution is 9.10. The van der Waals surface area contributed by atoms with Crippen LogP contribution in [0.4, 0.5) is 0 Å². The van der Waals surface area contributed by atoms with Crippen molar-refractivity contribution in [3.8, 4) is 0 Å². The van der Waals surface area contributed by atoms with E-state index >= 15 is 0 Å². The Kier molecular flexibility index (Phi) is 5.85. The van der Waals surface area contributed by atoms with Gasteiger partial charge in [-0.3, -0.25) is 0 Å². The van der Waals surface area contributed by atoms with Crippen molar-refractivity contribution in [2.24, 2.45) is 0 Å². The Morgan fingerprint density at radius 1 is 1.36 bits per heavy atom. The van der Waals surface area contributed by atoms with Crippen molar-refractivity contribution in [3.63, 3.8) is 0 Å². The number of halogens is 1. The summed E-state index contributed by atoms with van der Waals surface area (Å²) in [6.07, 6.45) is 5.74. The average Bonchev–Trinajstić information content (AvgIpc) is 3.45. The molecule has 0 bridgehead atoms. The highest BCUT2D eigenvalue weighted by atomic mass is 79.9. The van der Waals surface area contributed by atoms with E-state index in [1.165, 1.54) is 0 Å². The van der Waals surface area contributed by atoms with E-state index in [9.17, 15) is 9.90 Å². The molecule has 1 saturated heterocycles. The van der Waals surface area contributed by atoms with Crippen LogP contribution >= 0.6 is 15.9 Å². The molecule has 0 amide bonds. The summed E-state index contributed by atoms with van der Waals surface area (Å²) >= 11 is 3.50. The van der Waals surface area contributed by atoms with Crippen molar-refractivity contribution in [2.75, 3.05) is 13.2 Å². The van der Waals surface area contributed by atoms with E-state index in [-0.39, 0.29) is 18.5 Å². The van der Waals surface area contributed by atoms with Crippen molar-refractivity contribution in [1.82, 2.24) is 9.78 Å². The molecule has 6 nitrogen and oxygen atoms in total. The van der Waals surface area contributed by atoms with Crippen LogP contribution < -0.4 is 0 Å². The molecule has 1 aromatic carbocycles. The fraction of sp³-hybridized carbons (Fsp3) is 0.524. The van der Waals surface area contributed by atoms with Gasteiger partial charge in [0.1, 0.15) is 12.3 Å². The highest BCUT2D eigenvalue weighted by Gasteiger charge is 2.32. The molecule has 2 unspecified atom stereocenters. The monoisotopic (exact) mass is 448 g/mol. The van der Waals surface area contributed by atoms with Crippen molar-refractivity contribution in [2.45, 2.75) is 57.3 Å². The van der Waals surface area contributed by atoms with Gasteiger partial charge in [0.2, 0.25) is 0 Å². The lowest BCUT2D eigenvalue weighted by molar-refractivity contribution is -0.0398. The second-order valence-corrected chi connectivity index (χ2v) is 8.32. The second-order valence-electron chi connectivity index (χ2n) is 7.40. The molecule has 2 aliphatic rings. The van der Waals surface area contributed by atoms with Gasteiger partial charge in [0.05, 0.1) is 6.61 Å². The molecule has 2 aromatic rings. The number of nitrogens with zero attached hydrogens (tertiary/aromatic N) is 2. The molecule has 2 fully saturated rings. The van der Waals surface area contributed by atoms with Gasteiger partial charge in [0.25, 0.3) is 0 Å². The molecule has 28 heavy (non-hydrogen) atoms. The normalized spacial score (nSPS) is 20.8. The number of hydrogen-bond donors (Lipinski definition) is 1. The zero-order chi connectivity index (χ0) is 19.7. The molecule has 1 saturated carbocycles. The van der Waals surface area contributed by atoms with Crippen LogP contribution in [0.2, 0.25) is 0 Å². The van der Waals surface area contributed by atoms with Crippen LogP contribution in [0.5, 0.6) is 0 Å². The molecule has 0 spiro atoms. The smallest absolute Gasteiger partial charge is 0.359 e. The van der Waals surface area contributed by atoms with Gasteiger partial charge in [-0.15, -0.1) is 0 Å². The number of ether oxygens (including phenoxy) is 2. The van der Waals surface area contributed by atoms with Gasteiger partial charge in [0.15, 0.2) is 5.69 Å². The fourth-order valence-electron chi connectivity index (χ4n) is 3.76. The first kappa shape index (κ1) is 19.6. The zero-order valence-electron chi connectivity index (χ0n) is 15.9. The minimum atomic E-state index is -0.954. The van der Waals surface area contributed by atoms with Crippen LogP contribution in [-0.2, 0) is 9.47 Å². The van der Waals surface area contributed by atoms with Gasteiger partial charge in [-0.1, -0.05) is 22.0 Å². The zero-order valence-corrected chi connectivity index (χ0v) is 17.5. The average molecular weight is 449 g/mol. The molecule has 0 radical (unpaired) electrons. The predicted molar refractivity (Wildman–Crippen MR) is 107 cm³/mol. The molecule has 4 rings (SSSR count). The van der Waals surface area contributed by atoms with Crippen LogP contribution in [0.1, 0.15) is 84.5 Å². The van der Waals surface area contributed by atoms with Crippen molar-refractivity contribution in [3.05, 3.63) is 51.3 Å². The van der Waals surface area contributed by atoms with Crippen molar-refractivity contribution < 1.29 is 19.4 Å². The number of aliphatic hydroxyl groups is 1. The third-order valence-corrected chi connectivity index (χ3v) is 5.83. The lowest BCUT2D eigenvalue weighted by atomic mass is 9.94. The SMILES string of the molecule is CCOC(=O)c1nn(C2CCCCO2)cc1C(O)c1cc(Br)ccc1C1CC1. The Morgan fingerprint density at radius 3 is 2.86 bits per heavy atom. The van der Waals surface area contributed by atoms with E-state index in [0.717, 1.165) is 47.7 Å². The molecule has 1 aliphatic carbocycles. The molecular weight excluding hydrogens is 424 g/mol. The number of aromatic nitrogens is 2. The van der Waals surface area contributed by atoms with Gasteiger partial charge in [-0.25, -0.2) is 9.48 Å². The summed E-state index contributed by atoms with van der Waals surface area (Å²) in [5, 5.41) is 15.7. The highest BCUT2D eigenvalue weighted by Crippen LogP contribution is 2.45. The van der Waals surface area contributed by atoms with E-state index in [1.54, 1.807) is 17.8 Å². The molecule has 2 heterocycles. The van der Waals surface area contributed by atoms with Gasteiger partial charge in [-0.05, 0) is 68.2 Å². The molecule has 1 N–H and O–H groups in total. The maximum Gasteiger partial charge on any atom is 0.359 e. The predicted octanol–water partition coefficient (Wildman–Crippen LogP) is 4.48. The summed E-state index contributed by atoms with van der Waals surface area (Å²) in [5.74, 6) is -0.0467. The summed E-state index contributed by atoms with van der Waals surface area (Å²) < 4.78 is 13.6. The molecule has 7 heteroatoms. The summed E-state index contributed by atoms with van der Waals surface area (Å²) in [6.45, 7) is 2.69. The third kappa shape index (κ3) is 4.02. The number of carbonyl (C=O) groups excluding carboxylic acids is 1. The van der Waals surface area contributed by atoms with Gasteiger partial charge < -0.3 is 14.6 Å². The van der Waals surface area contributed by atoms with Crippen LogP contribution in [0.3, 0.4) is 0 Å². The molecule has 1 aromatic heterocycles. The van der Waals surface area contributed by atoms with Crippen LogP contribution in [0.25, 0.3) is 0 Å². The lowest BCUT2D eigenvalue weighted by Crippen LogP contribution is -2.19. The van der Waals surface area contributed by atoms with Crippen LogP contribution in [0, 0.1) is 0 Å². The maximum atomic E-state index is 12.5. The van der Waals surface area contributed by atoms with E-state index in [0.29, 0.717) is 18.1 Å². The first-order valence-corrected chi connectivity index (χ1v) is 10.7. The minimum absolute atomic E-state index is 0.158. The molecule has 1 aliphatic heterocycles. The lowest BCUT2D eigenvalue weighted by Gasteiger charge is -2.22. The quantitative estimate of drug-likeness (QED) is 0.659. The Bertz CT molecular complexity index is 856. The third-order valence-electron chi connectivity index (χ3n) is 5.33. The summed E-state index contributed by atoms with van der Waals surface area (Å²) in [5.41, 5.74) is 2.57. The summed E-state index contributed by atoms with van der Waals surface area (Å²) in [4.78, 5) is 12.5. The van der Waals surface area contributed by atoms with E-state index in [2.05, 4.69) is 27.1 Å². The Hall–Kier alpha value is -1.70. The number of esters is 1. The van der Waals surface area contributed by atoms with E-state index in [4.69, 9.17) is 9.47 Å². The molecular formula is C21H25BrN2O4. The maximum absolute atomic E-state index is 12.5. The van der Waals surface area contributed by atoms with Gasteiger partial charge in [-0.2, -0.15) is 5.10 Å². The largest absolute Gasteiger partial charge is 0.461 e. The van der Waals surface area contributed by atoms with Crippen LogP contribution in [0.15, 0.2) is 28.9 Å². The first-order chi connectivity index (χ1) is 13.6. The van der Waals surface area contributed by atoms with Crippen LogP contribution in [-0.4, -0.2) is 34.1 Å². The van der Waals surface area contributed by atoms with Crippen molar-refractivity contribution in [1.29, 1.82) is 0 Å². The van der Waals surface area contributed by atoms with Gasteiger partial charge >= 0.3 is 5.97 Å². The Balaban J connectivity index is 1.73. The summed E-state index contributed by atoms with van der Waals surface area (Å²) in [6, 6.07) is 5.98. The minimum Gasteiger partial charge on any atom is -0.461 e. The Labute approximate surface area is 173 Å². The fourth-order valence-corrected chi connectivity index (χ4v) is 4.14. The molecule has 2 atom stereocenters. The number of hydrogen-bond acceptors (Lipinski definition) is 5. The standard InChI is InChI=1S/C21H25BrN2O4/c1-2-27-21(26)19-17(12-24(23-19)18-5-3-4-10-28-18)20(25)16-11-14(22)8-9-15(16)13-6-7-13/h8-9,11-13,18,20,25H,2-7,10H2,1H3. The number of carbonyl (C=O) groups is 1. The number of aliphatic hydroxyl groups excluding tert-OH is 1. The topological polar surface area (TPSA) is 73.6 Å². The second kappa shape index (κ2) is 8.35. The van der Waals surface area contributed by atoms with E-state index in [1.807, 2.05) is 12.1 Å². The molecule has 150 valence electrons. The van der Waals surface area contributed by atoms with Gasteiger partial charge in [0, 0.05) is 22.8 Å². The first-order valence-electron chi connectivity index (χ1n) is 9.93. The number of rotatable bonds is 6. The number of benzene rings is 1. The van der Waals surface area contributed by atoms with Crippen molar-refractivity contribution >= 4 is 21.9 Å². The summed E-state index contributed by atoms with van der Waals surface area (Å²) in [7, 11) is 0.